The Kier molecular flexibility index (Phi) is 5.45. The van der Waals surface area contributed by atoms with E-state index in [1.54, 1.807) is 34.9 Å². The van der Waals surface area contributed by atoms with Crippen molar-refractivity contribution >= 4 is 34.3 Å². The van der Waals surface area contributed by atoms with Crippen LogP contribution in [0, 0.1) is 0 Å². The summed E-state index contributed by atoms with van der Waals surface area (Å²) >= 11 is 7.02. The van der Waals surface area contributed by atoms with Crippen molar-refractivity contribution in [2.45, 2.75) is 29.7 Å². The fraction of sp³-hybridized carbons (Fsp3) is 0.130. The number of hydrogen-bond acceptors (Lipinski definition) is 5. The average Bonchev–Trinajstić information content (AvgIpc) is 2.71. The zero-order valence-corrected chi connectivity index (χ0v) is 17.8. The van der Waals surface area contributed by atoms with Crippen molar-refractivity contribution in [1.29, 1.82) is 0 Å². The van der Waals surface area contributed by atoms with Gasteiger partial charge in [-0.2, -0.15) is 0 Å². The van der Waals surface area contributed by atoms with Gasteiger partial charge in [-0.15, -0.1) is 0 Å². The van der Waals surface area contributed by atoms with Gasteiger partial charge in [-0.25, -0.2) is 4.79 Å². The van der Waals surface area contributed by atoms with Crippen LogP contribution in [0.25, 0.3) is 22.2 Å². The molecule has 152 valence electrons. The normalized spacial score (nSPS) is 11.3. The summed E-state index contributed by atoms with van der Waals surface area (Å²) < 4.78 is 7.06. The highest BCUT2D eigenvalue weighted by molar-refractivity contribution is 7.99. The zero-order chi connectivity index (χ0) is 21.4. The Morgan fingerprint density at radius 3 is 2.43 bits per heavy atom. The van der Waals surface area contributed by atoms with Crippen LogP contribution in [-0.4, -0.2) is 9.67 Å². The predicted molar refractivity (Wildman–Crippen MR) is 120 cm³/mol. The third-order valence-corrected chi connectivity index (χ3v) is 5.94. The van der Waals surface area contributed by atoms with Crippen LogP contribution in [0.5, 0.6) is 5.75 Å². The molecule has 0 bridgehead atoms. The number of nitrogens with zero attached hydrogens (tertiary/aromatic N) is 1. The van der Waals surface area contributed by atoms with Gasteiger partial charge in [0.15, 0.2) is 5.75 Å². The number of pyridine rings is 1. The molecule has 0 fully saturated rings. The fourth-order valence-corrected chi connectivity index (χ4v) is 4.49. The number of benzene rings is 2. The molecule has 0 unspecified atom stereocenters. The van der Waals surface area contributed by atoms with E-state index in [1.807, 2.05) is 44.2 Å². The summed E-state index contributed by atoms with van der Waals surface area (Å²) in [7, 11) is 0. The van der Waals surface area contributed by atoms with Gasteiger partial charge in [0, 0.05) is 22.0 Å². The number of aromatic hydroxyl groups is 1. The molecule has 4 aromatic rings. The molecule has 0 aliphatic heterocycles. The van der Waals surface area contributed by atoms with Crippen molar-refractivity contribution in [3.8, 4) is 17.0 Å². The first-order chi connectivity index (χ1) is 14.4. The Bertz CT molecular complexity index is 1360. The SMILES string of the molecule is CC(C)n1c(-c2ccccc2)cc2oc(=O)c(Sc3cccc(Cl)c3)c(O)c2c1=O. The van der Waals surface area contributed by atoms with Gasteiger partial charge in [0.25, 0.3) is 5.56 Å². The monoisotopic (exact) mass is 439 g/mol. The van der Waals surface area contributed by atoms with E-state index in [0.29, 0.717) is 15.6 Å². The highest BCUT2D eigenvalue weighted by atomic mass is 35.5. The van der Waals surface area contributed by atoms with Crippen molar-refractivity contribution in [1.82, 2.24) is 4.57 Å². The van der Waals surface area contributed by atoms with Crippen LogP contribution in [0.3, 0.4) is 0 Å². The first kappa shape index (κ1) is 20.3. The molecule has 5 nitrogen and oxygen atoms in total. The Morgan fingerprint density at radius 1 is 1.03 bits per heavy atom. The van der Waals surface area contributed by atoms with E-state index in [0.717, 1.165) is 17.3 Å². The van der Waals surface area contributed by atoms with Crippen LogP contribution >= 0.6 is 23.4 Å². The number of rotatable bonds is 4. The van der Waals surface area contributed by atoms with Gasteiger partial charge < -0.3 is 14.1 Å². The van der Waals surface area contributed by atoms with E-state index >= 15 is 0 Å². The molecule has 0 aliphatic rings. The third kappa shape index (κ3) is 3.64. The second-order valence-electron chi connectivity index (χ2n) is 7.03. The van der Waals surface area contributed by atoms with E-state index in [9.17, 15) is 14.7 Å². The van der Waals surface area contributed by atoms with Crippen molar-refractivity contribution in [3.05, 3.63) is 86.5 Å². The Morgan fingerprint density at radius 2 is 1.77 bits per heavy atom. The minimum atomic E-state index is -0.717. The second kappa shape index (κ2) is 8.05. The molecule has 0 saturated heterocycles. The van der Waals surface area contributed by atoms with Crippen molar-refractivity contribution < 1.29 is 9.52 Å². The average molecular weight is 440 g/mol. The Balaban J connectivity index is 1.99. The summed E-state index contributed by atoms with van der Waals surface area (Å²) in [6.45, 7) is 3.77. The van der Waals surface area contributed by atoms with Gasteiger partial charge in [0.05, 0.1) is 5.69 Å². The topological polar surface area (TPSA) is 72.4 Å². The maximum absolute atomic E-state index is 13.4. The van der Waals surface area contributed by atoms with E-state index in [1.165, 1.54) is 0 Å². The molecular formula is C23H18ClNO4S. The van der Waals surface area contributed by atoms with E-state index in [-0.39, 0.29) is 27.7 Å². The van der Waals surface area contributed by atoms with Crippen LogP contribution in [-0.2, 0) is 0 Å². The zero-order valence-electron chi connectivity index (χ0n) is 16.3. The van der Waals surface area contributed by atoms with Crippen molar-refractivity contribution in [2.75, 3.05) is 0 Å². The van der Waals surface area contributed by atoms with Gasteiger partial charge >= 0.3 is 5.63 Å². The molecule has 0 saturated carbocycles. The summed E-state index contributed by atoms with van der Waals surface area (Å²) in [5, 5.41) is 11.4. The van der Waals surface area contributed by atoms with Gasteiger partial charge in [-0.05, 0) is 37.6 Å². The molecule has 2 aromatic carbocycles. The van der Waals surface area contributed by atoms with Crippen LogP contribution in [0.4, 0.5) is 0 Å². The molecule has 0 radical (unpaired) electrons. The summed E-state index contributed by atoms with van der Waals surface area (Å²) in [5.41, 5.74) is 0.334. The molecule has 0 amide bonds. The first-order valence-electron chi connectivity index (χ1n) is 9.31. The molecule has 30 heavy (non-hydrogen) atoms. The summed E-state index contributed by atoms with van der Waals surface area (Å²) in [5.74, 6) is -0.384. The van der Waals surface area contributed by atoms with Gasteiger partial charge in [-0.1, -0.05) is 59.8 Å². The van der Waals surface area contributed by atoms with E-state index in [4.69, 9.17) is 16.0 Å². The summed E-state index contributed by atoms with van der Waals surface area (Å²) in [6.07, 6.45) is 0. The van der Waals surface area contributed by atoms with Gasteiger partial charge in [-0.3, -0.25) is 4.79 Å². The third-order valence-electron chi connectivity index (χ3n) is 4.65. The highest BCUT2D eigenvalue weighted by Crippen LogP contribution is 2.37. The lowest BCUT2D eigenvalue weighted by Crippen LogP contribution is -2.24. The molecule has 1 N–H and O–H groups in total. The quantitative estimate of drug-likeness (QED) is 0.440. The molecule has 2 aromatic heterocycles. The second-order valence-corrected chi connectivity index (χ2v) is 8.55. The smallest absolute Gasteiger partial charge is 0.354 e. The molecule has 0 spiro atoms. The maximum Gasteiger partial charge on any atom is 0.354 e. The Hall–Kier alpha value is -2.96. The number of fused-ring (bicyclic) bond motifs is 1. The fourth-order valence-electron chi connectivity index (χ4n) is 3.34. The lowest BCUT2D eigenvalue weighted by Gasteiger charge is -2.18. The standard InChI is InChI=1S/C23H18ClNO4S/c1-13(2)25-17(14-7-4-3-5-8-14)12-18-19(22(25)27)20(26)21(23(28)29-18)30-16-10-6-9-15(24)11-16/h3-13,26H,1-2H3. The molecular weight excluding hydrogens is 422 g/mol. The summed E-state index contributed by atoms with van der Waals surface area (Å²) in [4.78, 5) is 26.6. The number of aromatic nitrogens is 1. The minimum Gasteiger partial charge on any atom is -0.505 e. The van der Waals surface area contributed by atoms with Crippen LogP contribution in [0.1, 0.15) is 19.9 Å². The predicted octanol–water partition coefficient (Wildman–Crippen LogP) is 5.71. The van der Waals surface area contributed by atoms with Crippen LogP contribution in [0.15, 0.2) is 84.5 Å². The number of hydrogen-bond donors (Lipinski definition) is 1. The van der Waals surface area contributed by atoms with Crippen LogP contribution < -0.4 is 11.2 Å². The van der Waals surface area contributed by atoms with Crippen LogP contribution in [0.2, 0.25) is 5.02 Å². The molecule has 7 heteroatoms. The number of halogens is 1. The molecule has 0 atom stereocenters. The first-order valence-corrected chi connectivity index (χ1v) is 10.5. The highest BCUT2D eigenvalue weighted by Gasteiger charge is 2.22. The van der Waals surface area contributed by atoms with Crippen molar-refractivity contribution in [3.63, 3.8) is 0 Å². The van der Waals surface area contributed by atoms with Gasteiger partial charge in [0.1, 0.15) is 15.9 Å². The summed E-state index contributed by atoms with van der Waals surface area (Å²) in [6, 6.07) is 17.7. The Labute approximate surface area is 181 Å². The molecule has 4 rings (SSSR count). The van der Waals surface area contributed by atoms with E-state index < -0.39 is 11.2 Å². The van der Waals surface area contributed by atoms with Gasteiger partial charge in [0.2, 0.25) is 0 Å². The lowest BCUT2D eigenvalue weighted by atomic mass is 10.1. The largest absolute Gasteiger partial charge is 0.505 e. The lowest BCUT2D eigenvalue weighted by molar-refractivity contribution is 0.445. The maximum atomic E-state index is 13.4. The molecule has 2 heterocycles. The molecule has 0 aliphatic carbocycles. The van der Waals surface area contributed by atoms with E-state index in [2.05, 4.69) is 0 Å². The van der Waals surface area contributed by atoms with Crippen molar-refractivity contribution in [2.24, 2.45) is 0 Å². The minimum absolute atomic E-state index is 0.0208.